The third-order valence-corrected chi connectivity index (χ3v) is 2.74. The van der Waals surface area contributed by atoms with Crippen molar-refractivity contribution in [3.63, 3.8) is 0 Å². The van der Waals surface area contributed by atoms with Gasteiger partial charge in [-0.15, -0.1) is 0 Å². The number of phenols is 1. The molecular formula is C15H25NO4. The summed E-state index contributed by atoms with van der Waals surface area (Å²) >= 11 is 0. The van der Waals surface area contributed by atoms with Gasteiger partial charge in [0.25, 0.3) is 0 Å². The van der Waals surface area contributed by atoms with Crippen LogP contribution in [0.25, 0.3) is 0 Å². The SMILES string of the molecule is COc1cc(CNCCOCC(C)C)cc(OC)c1O. The van der Waals surface area contributed by atoms with Crippen LogP contribution < -0.4 is 14.8 Å². The fourth-order valence-electron chi connectivity index (χ4n) is 1.75. The van der Waals surface area contributed by atoms with Gasteiger partial charge in [0.2, 0.25) is 5.75 Å². The van der Waals surface area contributed by atoms with E-state index in [9.17, 15) is 5.11 Å². The highest BCUT2D eigenvalue weighted by atomic mass is 16.5. The van der Waals surface area contributed by atoms with Crippen molar-refractivity contribution in [2.75, 3.05) is 34.0 Å². The second kappa shape index (κ2) is 8.66. The highest BCUT2D eigenvalue weighted by Crippen LogP contribution is 2.36. The van der Waals surface area contributed by atoms with Gasteiger partial charge in [-0.2, -0.15) is 0 Å². The number of methoxy groups -OCH3 is 2. The summed E-state index contributed by atoms with van der Waals surface area (Å²) in [7, 11) is 3.04. The van der Waals surface area contributed by atoms with Crippen LogP contribution in [0.3, 0.4) is 0 Å². The molecule has 0 aliphatic heterocycles. The number of ether oxygens (including phenoxy) is 3. The molecule has 0 saturated carbocycles. The van der Waals surface area contributed by atoms with Crippen LogP contribution in [0.1, 0.15) is 19.4 Å². The van der Waals surface area contributed by atoms with Crippen LogP contribution in [0.2, 0.25) is 0 Å². The molecule has 1 aromatic rings. The number of benzene rings is 1. The molecule has 114 valence electrons. The van der Waals surface area contributed by atoms with E-state index >= 15 is 0 Å². The lowest BCUT2D eigenvalue weighted by Crippen LogP contribution is -2.20. The zero-order chi connectivity index (χ0) is 15.0. The zero-order valence-electron chi connectivity index (χ0n) is 12.7. The third-order valence-electron chi connectivity index (χ3n) is 2.74. The zero-order valence-corrected chi connectivity index (χ0v) is 12.7. The summed E-state index contributed by atoms with van der Waals surface area (Å²) in [4.78, 5) is 0. The van der Waals surface area contributed by atoms with E-state index in [1.807, 2.05) is 0 Å². The van der Waals surface area contributed by atoms with E-state index in [-0.39, 0.29) is 5.75 Å². The third kappa shape index (κ3) is 5.27. The molecule has 5 nitrogen and oxygen atoms in total. The summed E-state index contributed by atoms with van der Waals surface area (Å²) in [5.74, 6) is 1.41. The second-order valence-electron chi connectivity index (χ2n) is 4.99. The topological polar surface area (TPSA) is 60.0 Å². The van der Waals surface area contributed by atoms with Gasteiger partial charge in [0.15, 0.2) is 11.5 Å². The van der Waals surface area contributed by atoms with Crippen molar-refractivity contribution in [2.24, 2.45) is 5.92 Å². The number of hydrogen-bond donors (Lipinski definition) is 2. The van der Waals surface area contributed by atoms with E-state index < -0.39 is 0 Å². The first-order chi connectivity index (χ1) is 9.58. The van der Waals surface area contributed by atoms with Crippen LogP contribution in [0.5, 0.6) is 17.2 Å². The van der Waals surface area contributed by atoms with Gasteiger partial charge in [-0.25, -0.2) is 0 Å². The lowest BCUT2D eigenvalue weighted by Gasteiger charge is -2.12. The highest BCUT2D eigenvalue weighted by molar-refractivity contribution is 5.52. The molecule has 0 bridgehead atoms. The Balaban J connectivity index is 2.44. The molecule has 0 fully saturated rings. The molecule has 20 heavy (non-hydrogen) atoms. The maximum atomic E-state index is 9.82. The molecule has 0 amide bonds. The van der Waals surface area contributed by atoms with Crippen molar-refractivity contribution in [1.82, 2.24) is 5.32 Å². The lowest BCUT2D eigenvalue weighted by atomic mass is 10.2. The summed E-state index contributed by atoms with van der Waals surface area (Å²) in [5.41, 5.74) is 0.986. The average Bonchev–Trinajstić information content (AvgIpc) is 2.43. The molecule has 0 aliphatic carbocycles. The molecule has 5 heteroatoms. The van der Waals surface area contributed by atoms with Crippen LogP contribution in [0.4, 0.5) is 0 Å². The summed E-state index contributed by atoms with van der Waals surface area (Å²) in [5, 5.41) is 13.1. The maximum Gasteiger partial charge on any atom is 0.200 e. The molecule has 1 aromatic carbocycles. The molecule has 2 N–H and O–H groups in total. The number of aromatic hydroxyl groups is 1. The standard InChI is InChI=1S/C15H25NO4/c1-11(2)10-20-6-5-16-9-12-7-13(18-3)15(17)14(8-12)19-4/h7-8,11,16-17H,5-6,9-10H2,1-4H3. The number of hydrogen-bond acceptors (Lipinski definition) is 5. The Bertz CT molecular complexity index is 382. The number of phenolic OH excluding ortho intramolecular Hbond substituents is 1. The minimum atomic E-state index is 0.0269. The molecule has 0 aromatic heterocycles. The summed E-state index contributed by atoms with van der Waals surface area (Å²) in [6, 6.07) is 3.58. The van der Waals surface area contributed by atoms with E-state index in [4.69, 9.17) is 14.2 Å². The normalized spacial score (nSPS) is 10.8. The van der Waals surface area contributed by atoms with Crippen LogP contribution in [0.15, 0.2) is 12.1 Å². The Labute approximate surface area is 120 Å². The van der Waals surface area contributed by atoms with Gasteiger partial charge in [-0.1, -0.05) is 13.8 Å². The molecular weight excluding hydrogens is 258 g/mol. The second-order valence-corrected chi connectivity index (χ2v) is 4.99. The minimum Gasteiger partial charge on any atom is -0.502 e. The van der Waals surface area contributed by atoms with Crippen molar-refractivity contribution < 1.29 is 19.3 Å². The largest absolute Gasteiger partial charge is 0.502 e. The van der Waals surface area contributed by atoms with E-state index in [0.717, 1.165) is 18.7 Å². The fraction of sp³-hybridized carbons (Fsp3) is 0.600. The molecule has 0 aliphatic rings. The van der Waals surface area contributed by atoms with Gasteiger partial charge in [0.1, 0.15) is 0 Å². The van der Waals surface area contributed by atoms with Crippen molar-refractivity contribution in [1.29, 1.82) is 0 Å². The molecule has 0 unspecified atom stereocenters. The quantitative estimate of drug-likeness (QED) is 0.680. The smallest absolute Gasteiger partial charge is 0.200 e. The molecule has 0 radical (unpaired) electrons. The number of nitrogens with one attached hydrogen (secondary N) is 1. The first kappa shape index (κ1) is 16.6. The fourth-order valence-corrected chi connectivity index (χ4v) is 1.75. The average molecular weight is 283 g/mol. The van der Waals surface area contributed by atoms with E-state index in [1.165, 1.54) is 14.2 Å². The summed E-state index contributed by atoms with van der Waals surface area (Å²) < 4.78 is 15.7. The van der Waals surface area contributed by atoms with Crippen LogP contribution in [-0.4, -0.2) is 39.1 Å². The van der Waals surface area contributed by atoms with Crippen LogP contribution in [-0.2, 0) is 11.3 Å². The molecule has 0 atom stereocenters. The first-order valence-electron chi connectivity index (χ1n) is 6.80. The summed E-state index contributed by atoms with van der Waals surface area (Å²) in [6.45, 7) is 7.16. The Morgan fingerprint density at radius 3 is 2.25 bits per heavy atom. The first-order valence-corrected chi connectivity index (χ1v) is 6.80. The Hall–Kier alpha value is -1.46. The van der Waals surface area contributed by atoms with E-state index in [1.54, 1.807) is 12.1 Å². The van der Waals surface area contributed by atoms with Gasteiger partial charge in [0.05, 0.1) is 20.8 Å². The number of rotatable bonds is 9. The Morgan fingerprint density at radius 2 is 1.75 bits per heavy atom. The maximum absolute atomic E-state index is 9.82. The summed E-state index contributed by atoms with van der Waals surface area (Å²) in [6.07, 6.45) is 0. The molecule has 0 heterocycles. The Morgan fingerprint density at radius 1 is 1.15 bits per heavy atom. The van der Waals surface area contributed by atoms with E-state index in [0.29, 0.717) is 30.6 Å². The van der Waals surface area contributed by atoms with Crippen molar-refractivity contribution in [3.05, 3.63) is 17.7 Å². The minimum absolute atomic E-state index is 0.0269. The lowest BCUT2D eigenvalue weighted by molar-refractivity contribution is 0.111. The van der Waals surface area contributed by atoms with Crippen molar-refractivity contribution in [3.8, 4) is 17.2 Å². The monoisotopic (exact) mass is 283 g/mol. The Kier molecular flexibility index (Phi) is 7.18. The molecule has 0 saturated heterocycles. The van der Waals surface area contributed by atoms with Crippen LogP contribution in [0, 0.1) is 5.92 Å². The van der Waals surface area contributed by atoms with Gasteiger partial charge < -0.3 is 24.6 Å². The van der Waals surface area contributed by atoms with Crippen molar-refractivity contribution >= 4 is 0 Å². The van der Waals surface area contributed by atoms with Gasteiger partial charge in [0, 0.05) is 19.7 Å². The van der Waals surface area contributed by atoms with E-state index in [2.05, 4.69) is 19.2 Å². The van der Waals surface area contributed by atoms with Gasteiger partial charge in [-0.05, 0) is 23.6 Å². The molecule has 0 spiro atoms. The van der Waals surface area contributed by atoms with Crippen LogP contribution >= 0.6 is 0 Å². The predicted molar refractivity (Wildman–Crippen MR) is 78.6 cm³/mol. The molecule has 1 rings (SSSR count). The predicted octanol–water partition coefficient (Wildman–Crippen LogP) is 2.17. The van der Waals surface area contributed by atoms with Gasteiger partial charge in [-0.3, -0.25) is 0 Å². The highest BCUT2D eigenvalue weighted by Gasteiger charge is 2.10. The van der Waals surface area contributed by atoms with Crippen molar-refractivity contribution in [2.45, 2.75) is 20.4 Å². The van der Waals surface area contributed by atoms with Gasteiger partial charge >= 0.3 is 0 Å².